The number of carbonyl (C=O) groups excluding carboxylic acids is 3. The summed E-state index contributed by atoms with van der Waals surface area (Å²) < 4.78 is 21.9. The van der Waals surface area contributed by atoms with Gasteiger partial charge in [0.15, 0.2) is 17.1 Å². The number of carbonyl (C=O) groups is 3. The van der Waals surface area contributed by atoms with Crippen molar-refractivity contribution < 1.29 is 32.7 Å². The Kier molecular flexibility index (Phi) is 6.72. The van der Waals surface area contributed by atoms with Crippen LogP contribution in [-0.4, -0.2) is 47.9 Å². The summed E-state index contributed by atoms with van der Waals surface area (Å²) in [5.41, 5.74) is 2.75. The number of oxazole rings is 1. The van der Waals surface area contributed by atoms with Crippen molar-refractivity contribution in [3.05, 3.63) is 96.4 Å². The number of nitrogens with zero attached hydrogens (tertiary/aromatic N) is 3. The van der Waals surface area contributed by atoms with Crippen LogP contribution in [0.25, 0.3) is 22.6 Å². The van der Waals surface area contributed by atoms with Crippen LogP contribution in [0.1, 0.15) is 22.5 Å². The molecule has 3 aromatic carbocycles. The van der Waals surface area contributed by atoms with Crippen molar-refractivity contribution in [2.75, 3.05) is 19.1 Å². The Hall–Kier alpha value is -5.38. The fourth-order valence-corrected chi connectivity index (χ4v) is 4.91. The molecule has 2 aromatic heterocycles. The van der Waals surface area contributed by atoms with E-state index in [0.29, 0.717) is 40.0 Å². The number of benzene rings is 3. The minimum Gasteiger partial charge on any atom is -0.493 e. The number of hydrogen-bond acceptors (Lipinski definition) is 8. The fraction of sp³-hybridized carbons (Fsp3) is 0.161. The van der Waals surface area contributed by atoms with Gasteiger partial charge in [0.05, 0.1) is 39.1 Å². The zero-order chi connectivity index (χ0) is 28.5. The number of aromatic nitrogens is 1. The Bertz CT molecular complexity index is 1710. The van der Waals surface area contributed by atoms with Crippen molar-refractivity contribution >= 4 is 34.5 Å². The molecule has 0 radical (unpaired) electrons. The van der Waals surface area contributed by atoms with E-state index < -0.39 is 23.8 Å². The summed E-state index contributed by atoms with van der Waals surface area (Å²) in [4.78, 5) is 47.7. The SMILES string of the molecule is COc1ccc(C(=O)N(Cc2ccco2)C2CC(=O)N(c3ccc(-c4nc5ccccc5o4)cc3)C2=O)cc1OC. The van der Waals surface area contributed by atoms with Gasteiger partial charge in [0.2, 0.25) is 11.8 Å². The van der Waals surface area contributed by atoms with Crippen LogP contribution >= 0.6 is 0 Å². The second-order valence-corrected chi connectivity index (χ2v) is 9.40. The molecule has 10 heteroatoms. The summed E-state index contributed by atoms with van der Waals surface area (Å²) in [6.45, 7) is -0.00559. The first-order chi connectivity index (χ1) is 20.0. The van der Waals surface area contributed by atoms with Crippen LogP contribution in [0.3, 0.4) is 0 Å². The van der Waals surface area contributed by atoms with Gasteiger partial charge in [-0.2, -0.15) is 0 Å². The van der Waals surface area contributed by atoms with Crippen molar-refractivity contribution in [2.45, 2.75) is 19.0 Å². The van der Waals surface area contributed by atoms with Gasteiger partial charge in [-0.05, 0) is 66.7 Å². The zero-order valence-electron chi connectivity index (χ0n) is 22.3. The number of fused-ring (bicyclic) bond motifs is 1. The predicted octanol–water partition coefficient (Wildman–Crippen LogP) is 5.08. The van der Waals surface area contributed by atoms with Gasteiger partial charge in [-0.3, -0.25) is 14.4 Å². The van der Waals surface area contributed by atoms with Gasteiger partial charge < -0.3 is 23.2 Å². The summed E-state index contributed by atoms with van der Waals surface area (Å²) in [5, 5.41) is 0. The molecule has 5 aromatic rings. The number of imide groups is 1. The standard InChI is InChI=1S/C31H25N3O7/c1-38-26-14-11-20(16-27(26)39-2)30(36)33(18-22-6-5-15-40-22)24-17-28(35)34(31(24)37)21-12-9-19(10-13-21)29-32-23-7-3-4-8-25(23)41-29/h3-16,24H,17-18H2,1-2H3. The molecule has 1 fully saturated rings. The first kappa shape index (κ1) is 25.9. The van der Waals surface area contributed by atoms with Crippen LogP contribution in [0.15, 0.2) is 94.0 Å². The highest BCUT2D eigenvalue weighted by molar-refractivity contribution is 6.23. The van der Waals surface area contributed by atoms with Gasteiger partial charge in [-0.1, -0.05) is 12.1 Å². The first-order valence-electron chi connectivity index (χ1n) is 12.8. The molecule has 3 heterocycles. The average Bonchev–Trinajstić information content (AvgIpc) is 3.74. The lowest BCUT2D eigenvalue weighted by Gasteiger charge is -2.27. The molecule has 0 saturated carbocycles. The zero-order valence-corrected chi connectivity index (χ0v) is 22.3. The lowest BCUT2D eigenvalue weighted by Crippen LogP contribution is -2.45. The molecule has 0 spiro atoms. The largest absolute Gasteiger partial charge is 0.493 e. The molecule has 0 bridgehead atoms. The Morgan fingerprint density at radius 1 is 0.976 bits per heavy atom. The fourth-order valence-electron chi connectivity index (χ4n) is 4.91. The Balaban J connectivity index is 1.29. The van der Waals surface area contributed by atoms with Gasteiger partial charge >= 0.3 is 0 Å². The summed E-state index contributed by atoms with van der Waals surface area (Å²) in [5.74, 6) is 0.345. The van der Waals surface area contributed by atoms with Crippen LogP contribution in [-0.2, 0) is 16.1 Å². The van der Waals surface area contributed by atoms with Gasteiger partial charge in [-0.25, -0.2) is 9.88 Å². The summed E-state index contributed by atoms with van der Waals surface area (Å²) in [7, 11) is 2.97. The number of methoxy groups -OCH3 is 2. The quantitative estimate of drug-likeness (QED) is 0.245. The van der Waals surface area contributed by atoms with Crippen LogP contribution in [0.2, 0.25) is 0 Å². The van der Waals surface area contributed by atoms with Crippen molar-refractivity contribution in [1.82, 2.24) is 9.88 Å². The average molecular weight is 552 g/mol. The second kappa shape index (κ2) is 10.6. The molecule has 1 saturated heterocycles. The molecule has 10 nitrogen and oxygen atoms in total. The van der Waals surface area contributed by atoms with E-state index in [1.54, 1.807) is 54.6 Å². The second-order valence-electron chi connectivity index (χ2n) is 9.40. The highest BCUT2D eigenvalue weighted by atomic mass is 16.5. The maximum absolute atomic E-state index is 13.8. The Morgan fingerprint density at radius 2 is 1.76 bits per heavy atom. The van der Waals surface area contributed by atoms with Gasteiger partial charge in [-0.15, -0.1) is 0 Å². The molecule has 1 atom stereocenters. The van der Waals surface area contributed by atoms with Crippen molar-refractivity contribution in [3.8, 4) is 23.0 Å². The normalized spacial score (nSPS) is 15.0. The Labute approximate surface area is 234 Å². The molecule has 0 N–H and O–H groups in total. The van der Waals surface area contributed by atoms with Crippen molar-refractivity contribution in [3.63, 3.8) is 0 Å². The third-order valence-corrected chi connectivity index (χ3v) is 6.96. The molecule has 1 aliphatic heterocycles. The predicted molar refractivity (Wildman–Crippen MR) is 148 cm³/mol. The van der Waals surface area contributed by atoms with E-state index in [9.17, 15) is 14.4 Å². The molecule has 0 aliphatic carbocycles. The number of amides is 3. The number of anilines is 1. The Morgan fingerprint density at radius 3 is 2.46 bits per heavy atom. The van der Waals surface area contributed by atoms with Crippen molar-refractivity contribution in [1.29, 1.82) is 0 Å². The number of furan rings is 1. The topological polar surface area (TPSA) is 115 Å². The van der Waals surface area contributed by atoms with Crippen molar-refractivity contribution in [2.24, 2.45) is 0 Å². The highest BCUT2D eigenvalue weighted by Gasteiger charge is 2.45. The minimum atomic E-state index is -1.04. The summed E-state index contributed by atoms with van der Waals surface area (Å²) >= 11 is 0. The first-order valence-corrected chi connectivity index (χ1v) is 12.8. The smallest absolute Gasteiger partial charge is 0.257 e. The van der Waals surface area contributed by atoms with Crippen LogP contribution in [0, 0.1) is 0 Å². The minimum absolute atomic E-state index is 0.00559. The number of rotatable bonds is 8. The molecule has 3 amide bonds. The molecule has 41 heavy (non-hydrogen) atoms. The molecule has 1 aliphatic rings. The maximum atomic E-state index is 13.8. The lowest BCUT2D eigenvalue weighted by atomic mass is 10.1. The molecule has 206 valence electrons. The summed E-state index contributed by atoms with van der Waals surface area (Å²) in [6.07, 6.45) is 1.31. The van der Waals surface area contributed by atoms with E-state index in [2.05, 4.69) is 4.98 Å². The molecular weight excluding hydrogens is 526 g/mol. The summed E-state index contributed by atoms with van der Waals surface area (Å²) in [6, 6.07) is 21.3. The number of hydrogen-bond donors (Lipinski definition) is 0. The van der Waals surface area contributed by atoms with Crippen LogP contribution in [0.4, 0.5) is 5.69 Å². The van der Waals surface area contributed by atoms with E-state index in [1.807, 2.05) is 24.3 Å². The van der Waals surface area contributed by atoms with E-state index in [4.69, 9.17) is 18.3 Å². The lowest BCUT2D eigenvalue weighted by molar-refractivity contribution is -0.122. The van der Waals surface area contributed by atoms with E-state index in [0.717, 1.165) is 10.4 Å². The van der Waals surface area contributed by atoms with Gasteiger partial charge in [0, 0.05) is 11.1 Å². The molecule has 6 rings (SSSR count). The maximum Gasteiger partial charge on any atom is 0.257 e. The van der Waals surface area contributed by atoms with E-state index >= 15 is 0 Å². The van der Waals surface area contributed by atoms with Crippen LogP contribution in [0.5, 0.6) is 11.5 Å². The van der Waals surface area contributed by atoms with Gasteiger partial charge in [0.25, 0.3) is 11.8 Å². The third kappa shape index (κ3) is 4.80. The van der Waals surface area contributed by atoms with E-state index in [-0.39, 0.29) is 18.5 Å². The highest BCUT2D eigenvalue weighted by Crippen LogP contribution is 2.32. The van der Waals surface area contributed by atoms with E-state index in [1.165, 1.54) is 25.4 Å². The molecular formula is C31H25N3O7. The molecule has 1 unspecified atom stereocenters. The third-order valence-electron chi connectivity index (χ3n) is 6.96. The van der Waals surface area contributed by atoms with Crippen LogP contribution < -0.4 is 14.4 Å². The van der Waals surface area contributed by atoms with Gasteiger partial charge in [0.1, 0.15) is 17.3 Å². The number of ether oxygens (including phenoxy) is 2. The number of para-hydroxylation sites is 2. The monoisotopic (exact) mass is 551 g/mol.